The predicted octanol–water partition coefficient (Wildman–Crippen LogP) is 1.07. The van der Waals surface area contributed by atoms with E-state index < -0.39 is 0 Å². The maximum absolute atomic E-state index is 12.1. The lowest BCUT2D eigenvalue weighted by Gasteiger charge is -2.48. The second kappa shape index (κ2) is 6.02. The van der Waals surface area contributed by atoms with Crippen LogP contribution in [0, 0.1) is 0 Å². The largest absolute Gasteiger partial charge is 0.349 e. The first-order valence-electron chi connectivity index (χ1n) is 7.30. The van der Waals surface area contributed by atoms with Crippen molar-refractivity contribution in [2.24, 2.45) is 0 Å². The highest BCUT2D eigenvalue weighted by molar-refractivity contribution is 5.76. The molecule has 0 aromatic carbocycles. The van der Waals surface area contributed by atoms with Gasteiger partial charge in [-0.25, -0.2) is 0 Å². The highest BCUT2D eigenvalue weighted by Gasteiger charge is 2.40. The highest BCUT2D eigenvalue weighted by atomic mass is 16.2. The second-order valence-electron chi connectivity index (χ2n) is 5.99. The Bertz CT molecular complexity index is 279. The Morgan fingerprint density at radius 3 is 2.33 bits per heavy atom. The minimum atomic E-state index is 0.132. The number of piperidine rings is 2. The fourth-order valence-electron chi connectivity index (χ4n) is 3.30. The summed E-state index contributed by atoms with van der Waals surface area (Å²) >= 11 is 0. The molecule has 2 heterocycles. The normalized spacial score (nSPS) is 24.8. The third kappa shape index (κ3) is 3.04. The van der Waals surface area contributed by atoms with E-state index in [0.717, 1.165) is 25.9 Å². The van der Waals surface area contributed by atoms with Crippen LogP contribution >= 0.6 is 0 Å². The van der Waals surface area contributed by atoms with Crippen molar-refractivity contribution in [3.63, 3.8) is 0 Å². The fourth-order valence-corrected chi connectivity index (χ4v) is 3.30. The van der Waals surface area contributed by atoms with Gasteiger partial charge >= 0.3 is 0 Å². The molecule has 0 aliphatic carbocycles. The molecule has 0 saturated carbocycles. The van der Waals surface area contributed by atoms with Gasteiger partial charge < -0.3 is 10.2 Å². The molecule has 0 unspecified atom stereocenters. The van der Waals surface area contributed by atoms with Gasteiger partial charge in [-0.3, -0.25) is 9.69 Å². The fraction of sp³-hybridized carbons (Fsp3) is 0.929. The number of carbonyl (C=O) groups excluding carboxylic acids is 1. The van der Waals surface area contributed by atoms with E-state index in [0.29, 0.717) is 6.42 Å². The van der Waals surface area contributed by atoms with Crippen LogP contribution < -0.4 is 5.32 Å². The molecule has 0 aromatic rings. The molecule has 2 rings (SSSR count). The molecule has 1 N–H and O–H groups in total. The molecule has 4 heteroatoms. The van der Waals surface area contributed by atoms with Crippen LogP contribution in [0.25, 0.3) is 0 Å². The van der Waals surface area contributed by atoms with E-state index in [1.807, 2.05) is 14.1 Å². The Kier molecular flexibility index (Phi) is 4.62. The quantitative estimate of drug-likeness (QED) is 0.817. The van der Waals surface area contributed by atoms with E-state index >= 15 is 0 Å². The monoisotopic (exact) mass is 253 g/mol. The van der Waals surface area contributed by atoms with Crippen molar-refractivity contribution in [3.05, 3.63) is 0 Å². The van der Waals surface area contributed by atoms with Gasteiger partial charge in [0, 0.05) is 26.1 Å². The molecule has 4 nitrogen and oxygen atoms in total. The summed E-state index contributed by atoms with van der Waals surface area (Å²) in [5.41, 5.74) is 0.132. The average molecular weight is 253 g/mol. The van der Waals surface area contributed by atoms with Crippen molar-refractivity contribution in [2.45, 2.75) is 44.1 Å². The standard InChI is InChI=1S/C14H27N3O/c1-16(2)13(18)12-14(6-8-15-9-7-14)17-10-4-3-5-11-17/h15H,3-12H2,1-2H3. The van der Waals surface area contributed by atoms with Crippen molar-refractivity contribution in [1.29, 1.82) is 0 Å². The Balaban J connectivity index is 2.08. The number of carbonyl (C=O) groups is 1. The summed E-state index contributed by atoms with van der Waals surface area (Å²) in [6.45, 7) is 4.47. The highest BCUT2D eigenvalue weighted by Crippen LogP contribution is 2.32. The zero-order chi connectivity index (χ0) is 13.0. The number of hydrogen-bond donors (Lipinski definition) is 1. The molecule has 2 aliphatic rings. The van der Waals surface area contributed by atoms with Gasteiger partial charge in [0.1, 0.15) is 0 Å². The van der Waals surface area contributed by atoms with E-state index in [1.165, 1.54) is 32.4 Å². The molecule has 0 atom stereocenters. The number of nitrogens with one attached hydrogen (secondary N) is 1. The van der Waals surface area contributed by atoms with E-state index in [4.69, 9.17) is 0 Å². The summed E-state index contributed by atoms with van der Waals surface area (Å²) < 4.78 is 0. The Labute approximate surface area is 111 Å². The number of rotatable bonds is 3. The van der Waals surface area contributed by atoms with Crippen LogP contribution in [0.3, 0.4) is 0 Å². The molecule has 2 aliphatic heterocycles. The second-order valence-corrected chi connectivity index (χ2v) is 5.99. The van der Waals surface area contributed by atoms with Crippen molar-refractivity contribution in [3.8, 4) is 0 Å². The maximum atomic E-state index is 12.1. The van der Waals surface area contributed by atoms with Crippen molar-refractivity contribution < 1.29 is 4.79 Å². The van der Waals surface area contributed by atoms with Crippen LogP contribution in [0.4, 0.5) is 0 Å². The van der Waals surface area contributed by atoms with Gasteiger partial charge in [-0.05, 0) is 51.9 Å². The lowest BCUT2D eigenvalue weighted by Crippen LogP contribution is -2.57. The lowest BCUT2D eigenvalue weighted by atomic mass is 9.81. The lowest BCUT2D eigenvalue weighted by molar-refractivity contribution is -0.133. The van der Waals surface area contributed by atoms with E-state index in [9.17, 15) is 4.79 Å². The van der Waals surface area contributed by atoms with Gasteiger partial charge in [-0.1, -0.05) is 6.42 Å². The molecule has 2 fully saturated rings. The molecule has 104 valence electrons. The number of hydrogen-bond acceptors (Lipinski definition) is 3. The van der Waals surface area contributed by atoms with Gasteiger partial charge in [-0.15, -0.1) is 0 Å². The molecular weight excluding hydrogens is 226 g/mol. The zero-order valence-electron chi connectivity index (χ0n) is 11.9. The molecule has 2 saturated heterocycles. The van der Waals surface area contributed by atoms with E-state index in [-0.39, 0.29) is 11.4 Å². The van der Waals surface area contributed by atoms with Crippen molar-refractivity contribution in [1.82, 2.24) is 15.1 Å². The topological polar surface area (TPSA) is 35.6 Å². The van der Waals surface area contributed by atoms with Crippen LogP contribution in [-0.2, 0) is 4.79 Å². The van der Waals surface area contributed by atoms with Crippen molar-refractivity contribution in [2.75, 3.05) is 40.3 Å². The summed E-state index contributed by atoms with van der Waals surface area (Å²) in [5, 5.41) is 3.43. The molecule has 0 bridgehead atoms. The zero-order valence-corrected chi connectivity index (χ0v) is 11.9. The van der Waals surface area contributed by atoms with Crippen LogP contribution in [0.2, 0.25) is 0 Å². The first-order valence-corrected chi connectivity index (χ1v) is 7.30. The summed E-state index contributed by atoms with van der Waals surface area (Å²) in [6, 6.07) is 0. The van der Waals surface area contributed by atoms with Crippen LogP contribution in [0.1, 0.15) is 38.5 Å². The number of nitrogens with zero attached hydrogens (tertiary/aromatic N) is 2. The van der Waals surface area contributed by atoms with Gasteiger partial charge in [-0.2, -0.15) is 0 Å². The Morgan fingerprint density at radius 1 is 1.17 bits per heavy atom. The van der Waals surface area contributed by atoms with Gasteiger partial charge in [0.2, 0.25) is 5.91 Å². The molecule has 0 radical (unpaired) electrons. The van der Waals surface area contributed by atoms with Gasteiger partial charge in [0.25, 0.3) is 0 Å². The molecular formula is C14H27N3O. The Hall–Kier alpha value is -0.610. The minimum Gasteiger partial charge on any atom is -0.349 e. The van der Waals surface area contributed by atoms with E-state index in [2.05, 4.69) is 10.2 Å². The smallest absolute Gasteiger partial charge is 0.223 e. The maximum Gasteiger partial charge on any atom is 0.223 e. The summed E-state index contributed by atoms with van der Waals surface area (Å²) in [6.07, 6.45) is 6.88. The molecule has 0 spiro atoms. The SMILES string of the molecule is CN(C)C(=O)CC1(N2CCCCC2)CCNCC1. The molecule has 18 heavy (non-hydrogen) atoms. The van der Waals surface area contributed by atoms with Crippen LogP contribution in [-0.4, -0.2) is 61.5 Å². The molecule has 0 aromatic heterocycles. The van der Waals surface area contributed by atoms with Crippen molar-refractivity contribution >= 4 is 5.91 Å². The van der Waals surface area contributed by atoms with Crippen LogP contribution in [0.5, 0.6) is 0 Å². The number of likely N-dealkylation sites (tertiary alicyclic amines) is 1. The summed E-state index contributed by atoms with van der Waals surface area (Å²) in [5.74, 6) is 0.280. The number of amides is 1. The van der Waals surface area contributed by atoms with E-state index in [1.54, 1.807) is 4.90 Å². The van der Waals surface area contributed by atoms with Gasteiger partial charge in [0.15, 0.2) is 0 Å². The minimum absolute atomic E-state index is 0.132. The summed E-state index contributed by atoms with van der Waals surface area (Å²) in [4.78, 5) is 16.5. The predicted molar refractivity (Wildman–Crippen MR) is 73.6 cm³/mol. The Morgan fingerprint density at radius 2 is 1.78 bits per heavy atom. The third-order valence-electron chi connectivity index (χ3n) is 4.54. The van der Waals surface area contributed by atoms with Gasteiger partial charge in [0.05, 0.1) is 0 Å². The average Bonchev–Trinajstić information content (AvgIpc) is 2.40. The van der Waals surface area contributed by atoms with Crippen LogP contribution in [0.15, 0.2) is 0 Å². The summed E-state index contributed by atoms with van der Waals surface area (Å²) in [7, 11) is 3.74. The molecule has 1 amide bonds. The third-order valence-corrected chi connectivity index (χ3v) is 4.54. The first-order chi connectivity index (χ1) is 8.64. The first kappa shape index (κ1) is 13.8.